The molecule has 148 valence electrons. The summed E-state index contributed by atoms with van der Waals surface area (Å²) in [6.07, 6.45) is 1.15. The van der Waals surface area contributed by atoms with E-state index >= 15 is 0 Å². The molecule has 9 heteroatoms. The lowest BCUT2D eigenvalue weighted by Crippen LogP contribution is -2.18. The van der Waals surface area contributed by atoms with Crippen molar-refractivity contribution in [1.29, 1.82) is 0 Å². The number of non-ortho nitro benzene ring substituents is 1. The summed E-state index contributed by atoms with van der Waals surface area (Å²) in [5.41, 5.74) is 5.56. The molecule has 0 atom stereocenters. The van der Waals surface area contributed by atoms with Crippen LogP contribution in [0.15, 0.2) is 53.6 Å². The molecule has 0 spiro atoms. The summed E-state index contributed by atoms with van der Waals surface area (Å²) in [4.78, 5) is 22.6. The minimum Gasteiger partial charge on any atom is -0.507 e. The van der Waals surface area contributed by atoms with Crippen LogP contribution in [0, 0.1) is 24.0 Å². The average molecular weight is 393 g/mol. The highest BCUT2D eigenvalue weighted by Gasteiger charge is 2.10. The number of nitrogens with zero attached hydrogens (tertiary/aromatic N) is 4. The van der Waals surface area contributed by atoms with Crippen LogP contribution in [0.2, 0.25) is 0 Å². The van der Waals surface area contributed by atoms with Crippen LogP contribution in [0.1, 0.15) is 32.9 Å². The van der Waals surface area contributed by atoms with Gasteiger partial charge in [0.15, 0.2) is 0 Å². The molecule has 0 saturated heterocycles. The first-order chi connectivity index (χ1) is 13.8. The zero-order valence-electron chi connectivity index (χ0n) is 15.9. The van der Waals surface area contributed by atoms with Crippen LogP contribution in [0.3, 0.4) is 0 Å². The van der Waals surface area contributed by atoms with E-state index in [9.17, 15) is 20.0 Å². The number of benzene rings is 2. The highest BCUT2D eigenvalue weighted by atomic mass is 16.6. The molecular formula is C20H19N5O4. The zero-order valence-corrected chi connectivity index (χ0v) is 15.9. The van der Waals surface area contributed by atoms with Gasteiger partial charge in [-0.1, -0.05) is 12.1 Å². The highest BCUT2D eigenvalue weighted by Crippen LogP contribution is 2.21. The summed E-state index contributed by atoms with van der Waals surface area (Å²) in [6, 6.07) is 12.6. The summed E-state index contributed by atoms with van der Waals surface area (Å²) in [7, 11) is 0. The number of aromatic hydroxyl groups is 1. The molecule has 0 aliphatic heterocycles. The van der Waals surface area contributed by atoms with Crippen LogP contribution in [0.25, 0.3) is 0 Å². The van der Waals surface area contributed by atoms with Gasteiger partial charge in [0.1, 0.15) is 5.75 Å². The number of hydrogen-bond donors (Lipinski definition) is 2. The summed E-state index contributed by atoms with van der Waals surface area (Å²) in [5, 5.41) is 28.8. The van der Waals surface area contributed by atoms with Gasteiger partial charge in [-0.15, -0.1) is 0 Å². The number of nitrogens with one attached hydrogen (secondary N) is 1. The summed E-state index contributed by atoms with van der Waals surface area (Å²) >= 11 is 0. The molecule has 1 amide bonds. The second-order valence-electron chi connectivity index (χ2n) is 6.48. The molecule has 0 radical (unpaired) electrons. The zero-order chi connectivity index (χ0) is 21.0. The summed E-state index contributed by atoms with van der Waals surface area (Å²) < 4.78 is 1.86. The smallest absolute Gasteiger partial charge is 0.271 e. The number of hydrazone groups is 1. The van der Waals surface area contributed by atoms with Gasteiger partial charge in [-0.3, -0.25) is 19.6 Å². The number of hydrogen-bond acceptors (Lipinski definition) is 6. The Labute approximate surface area is 166 Å². The van der Waals surface area contributed by atoms with Crippen molar-refractivity contribution in [1.82, 2.24) is 15.2 Å². The maximum Gasteiger partial charge on any atom is 0.271 e. The van der Waals surface area contributed by atoms with Crippen molar-refractivity contribution in [2.75, 3.05) is 0 Å². The van der Waals surface area contributed by atoms with E-state index < -0.39 is 10.8 Å². The minimum atomic E-state index is -0.580. The predicted molar refractivity (Wildman–Crippen MR) is 107 cm³/mol. The van der Waals surface area contributed by atoms with E-state index in [-0.39, 0.29) is 17.0 Å². The molecule has 0 fully saturated rings. The number of carbonyl (C=O) groups is 1. The molecule has 1 heterocycles. The molecule has 29 heavy (non-hydrogen) atoms. The predicted octanol–water partition coefficient (Wildman–Crippen LogP) is 2.93. The first-order valence-corrected chi connectivity index (χ1v) is 8.74. The van der Waals surface area contributed by atoms with Gasteiger partial charge < -0.3 is 5.11 Å². The molecule has 3 aromatic rings. The number of aryl methyl sites for hydroxylation is 2. The van der Waals surface area contributed by atoms with Crippen molar-refractivity contribution < 1.29 is 14.8 Å². The first kappa shape index (κ1) is 19.7. The van der Waals surface area contributed by atoms with Crippen LogP contribution >= 0.6 is 0 Å². The molecular weight excluding hydrogens is 374 g/mol. The van der Waals surface area contributed by atoms with E-state index in [2.05, 4.69) is 15.6 Å². The van der Waals surface area contributed by atoms with Crippen molar-refractivity contribution in [3.63, 3.8) is 0 Å². The molecule has 2 aromatic carbocycles. The van der Waals surface area contributed by atoms with Crippen molar-refractivity contribution in [2.45, 2.75) is 20.4 Å². The lowest BCUT2D eigenvalue weighted by atomic mass is 10.1. The van der Waals surface area contributed by atoms with Crippen LogP contribution in [-0.2, 0) is 6.54 Å². The van der Waals surface area contributed by atoms with E-state index in [0.29, 0.717) is 12.1 Å². The Morgan fingerprint density at radius 3 is 2.76 bits per heavy atom. The lowest BCUT2D eigenvalue weighted by Gasteiger charge is -2.07. The van der Waals surface area contributed by atoms with Gasteiger partial charge in [-0.25, -0.2) is 5.43 Å². The third kappa shape index (κ3) is 4.83. The molecule has 0 bridgehead atoms. The van der Waals surface area contributed by atoms with Gasteiger partial charge in [0.05, 0.1) is 23.4 Å². The Bertz CT molecular complexity index is 1100. The number of nitro benzene ring substituents is 1. The third-order valence-corrected chi connectivity index (χ3v) is 4.22. The second-order valence-corrected chi connectivity index (χ2v) is 6.48. The van der Waals surface area contributed by atoms with Crippen LogP contribution < -0.4 is 5.43 Å². The third-order valence-electron chi connectivity index (χ3n) is 4.22. The Morgan fingerprint density at radius 2 is 2.07 bits per heavy atom. The monoisotopic (exact) mass is 393 g/mol. The normalized spacial score (nSPS) is 11.0. The van der Waals surface area contributed by atoms with Gasteiger partial charge in [-0.05, 0) is 43.7 Å². The molecule has 3 rings (SSSR count). The van der Waals surface area contributed by atoms with Gasteiger partial charge in [0.25, 0.3) is 11.6 Å². The van der Waals surface area contributed by atoms with Crippen LogP contribution in [0.5, 0.6) is 5.75 Å². The largest absolute Gasteiger partial charge is 0.507 e. The van der Waals surface area contributed by atoms with Crippen molar-refractivity contribution in [3.8, 4) is 5.75 Å². The fraction of sp³-hybridized carbons (Fsp3) is 0.150. The Kier molecular flexibility index (Phi) is 5.68. The quantitative estimate of drug-likeness (QED) is 0.379. The maximum atomic E-state index is 12.4. The number of aromatic nitrogens is 2. The Morgan fingerprint density at radius 1 is 1.28 bits per heavy atom. The summed E-state index contributed by atoms with van der Waals surface area (Å²) in [6.45, 7) is 4.42. The number of nitro groups is 1. The minimum absolute atomic E-state index is 0.123. The molecule has 0 saturated carbocycles. The van der Waals surface area contributed by atoms with E-state index in [1.807, 2.05) is 30.7 Å². The second kappa shape index (κ2) is 8.34. The summed E-state index contributed by atoms with van der Waals surface area (Å²) in [5.74, 6) is -0.623. The topological polar surface area (TPSA) is 123 Å². The molecule has 9 nitrogen and oxygen atoms in total. The first-order valence-electron chi connectivity index (χ1n) is 8.74. The SMILES string of the molecule is Cc1cc(C)n(Cc2cccc(C(=O)N/N=C\c3cc([N+](=O)[O-])ccc3O)c2)n1. The number of phenols is 1. The lowest BCUT2D eigenvalue weighted by molar-refractivity contribution is -0.384. The van der Waals surface area contributed by atoms with Gasteiger partial charge in [-0.2, -0.15) is 10.2 Å². The van der Waals surface area contributed by atoms with E-state index in [1.54, 1.807) is 18.2 Å². The Hall–Kier alpha value is -4.01. The van der Waals surface area contributed by atoms with E-state index in [4.69, 9.17) is 0 Å². The molecule has 0 aliphatic carbocycles. The number of phenolic OH excluding ortho intramolecular Hbond substituents is 1. The van der Waals surface area contributed by atoms with Crippen molar-refractivity contribution in [2.24, 2.45) is 5.10 Å². The highest BCUT2D eigenvalue weighted by molar-refractivity contribution is 5.95. The number of rotatable bonds is 6. The van der Waals surface area contributed by atoms with Crippen LogP contribution in [0.4, 0.5) is 5.69 Å². The molecule has 1 aromatic heterocycles. The number of amides is 1. The van der Waals surface area contributed by atoms with E-state index in [0.717, 1.165) is 23.2 Å². The molecule has 0 unspecified atom stereocenters. The van der Waals surface area contributed by atoms with Gasteiger partial charge in [0, 0.05) is 29.0 Å². The maximum absolute atomic E-state index is 12.4. The van der Waals surface area contributed by atoms with Gasteiger partial charge >= 0.3 is 0 Å². The number of carbonyl (C=O) groups excluding carboxylic acids is 1. The fourth-order valence-electron chi connectivity index (χ4n) is 2.80. The average Bonchev–Trinajstić information content (AvgIpc) is 3.00. The van der Waals surface area contributed by atoms with Crippen molar-refractivity contribution in [3.05, 3.63) is 86.7 Å². The van der Waals surface area contributed by atoms with Gasteiger partial charge in [0.2, 0.25) is 0 Å². The van der Waals surface area contributed by atoms with Crippen molar-refractivity contribution >= 4 is 17.8 Å². The molecule has 0 aliphatic rings. The Balaban J connectivity index is 1.70. The molecule has 2 N–H and O–H groups in total. The standard InChI is InChI=1S/C20H19N5O4/c1-13-8-14(2)24(23-13)12-15-4-3-5-16(9-15)20(27)22-21-11-17-10-18(25(28)29)6-7-19(17)26/h3-11,26H,12H2,1-2H3,(H,22,27)/b21-11-. The van der Waals surface area contributed by atoms with Crippen LogP contribution in [-0.4, -0.2) is 31.9 Å². The fourth-order valence-corrected chi connectivity index (χ4v) is 2.80. The van der Waals surface area contributed by atoms with E-state index in [1.165, 1.54) is 18.2 Å².